The Morgan fingerprint density at radius 3 is 2.14 bits per heavy atom. The molecule has 6 nitrogen and oxygen atoms in total. The van der Waals surface area contributed by atoms with Gasteiger partial charge in [-0.2, -0.15) is 4.89 Å². The van der Waals surface area contributed by atoms with Gasteiger partial charge in [-0.25, -0.2) is 14.2 Å². The van der Waals surface area contributed by atoms with Crippen molar-refractivity contribution < 1.29 is 28.9 Å². The van der Waals surface area contributed by atoms with E-state index in [-0.39, 0.29) is 5.69 Å². The number of hydrogen-bond acceptors (Lipinski definition) is 4. The van der Waals surface area contributed by atoms with Crippen LogP contribution in [0.2, 0.25) is 0 Å². The number of rotatable bonds is 7. The van der Waals surface area contributed by atoms with Crippen molar-refractivity contribution in [1.29, 1.82) is 0 Å². The SMILES string of the molecule is CC(C)(C)C#CC(C(=O)O)([P+](=O)O)C(O)(Cc1ccc(F)cc1)c1cccc(-c2ccccc2)n1. The Kier molecular flexibility index (Phi) is 7.52. The van der Waals surface area contributed by atoms with E-state index >= 15 is 0 Å². The molecule has 35 heavy (non-hydrogen) atoms. The standard InChI is InChI=1S/C27H25FNO5P/c1-25(2,3)16-17-27(24(30)31,35(33)34)26(32,18-19-12-14-21(28)15-13-19)23-11-7-10-22(29-23)20-8-5-4-6-9-20/h4-15,32H,18H2,1-3H3,(H-,30,31,33,34)/p+1. The summed E-state index contributed by atoms with van der Waals surface area (Å²) < 4.78 is 26.4. The zero-order chi connectivity index (χ0) is 25.9. The molecule has 3 atom stereocenters. The monoisotopic (exact) mass is 494 g/mol. The minimum atomic E-state index is -3.61. The van der Waals surface area contributed by atoms with Crippen molar-refractivity contribution in [1.82, 2.24) is 4.98 Å². The Labute approximate surface area is 204 Å². The van der Waals surface area contributed by atoms with Crippen molar-refractivity contribution in [3.8, 4) is 23.1 Å². The lowest BCUT2D eigenvalue weighted by Gasteiger charge is -2.33. The van der Waals surface area contributed by atoms with E-state index in [1.165, 1.54) is 18.2 Å². The molecule has 2 aromatic carbocycles. The van der Waals surface area contributed by atoms with Gasteiger partial charge in [0.2, 0.25) is 0 Å². The van der Waals surface area contributed by atoms with Crippen LogP contribution in [0.25, 0.3) is 11.3 Å². The molecule has 8 heteroatoms. The first-order chi connectivity index (χ1) is 16.4. The number of aliphatic carboxylic acids is 1. The first kappa shape index (κ1) is 26.2. The molecule has 0 saturated heterocycles. The van der Waals surface area contributed by atoms with E-state index in [0.717, 1.165) is 12.1 Å². The van der Waals surface area contributed by atoms with Crippen LogP contribution in [0.5, 0.6) is 0 Å². The van der Waals surface area contributed by atoms with Crippen molar-refractivity contribution in [2.24, 2.45) is 5.41 Å². The van der Waals surface area contributed by atoms with E-state index < -0.39 is 42.4 Å². The number of hydrogen-bond donors (Lipinski definition) is 3. The van der Waals surface area contributed by atoms with Gasteiger partial charge in [0.1, 0.15) is 5.82 Å². The molecule has 3 unspecified atom stereocenters. The largest absolute Gasteiger partial charge is 0.541 e. The van der Waals surface area contributed by atoms with Gasteiger partial charge in [-0.1, -0.05) is 54.5 Å². The number of carbonyl (C=O) groups is 1. The second-order valence-electron chi connectivity index (χ2n) is 9.23. The van der Waals surface area contributed by atoms with Crippen LogP contribution in [0.3, 0.4) is 0 Å². The van der Waals surface area contributed by atoms with Gasteiger partial charge in [-0.15, -0.1) is 0 Å². The number of aromatic nitrogens is 1. The lowest BCUT2D eigenvalue weighted by atomic mass is 9.77. The van der Waals surface area contributed by atoms with Crippen LogP contribution >= 0.6 is 8.03 Å². The van der Waals surface area contributed by atoms with Gasteiger partial charge in [0, 0.05) is 17.4 Å². The summed E-state index contributed by atoms with van der Waals surface area (Å²) in [5.41, 5.74) is -1.97. The van der Waals surface area contributed by atoms with Gasteiger partial charge in [-0.05, 0) is 61.1 Å². The van der Waals surface area contributed by atoms with Gasteiger partial charge >= 0.3 is 19.2 Å². The first-order valence-corrected chi connectivity index (χ1v) is 12.0. The quantitative estimate of drug-likeness (QED) is 0.318. The van der Waals surface area contributed by atoms with Crippen molar-refractivity contribution in [3.63, 3.8) is 0 Å². The molecule has 0 aliphatic carbocycles. The average Bonchev–Trinajstić information content (AvgIpc) is 2.80. The smallest absolute Gasteiger partial charge is 0.477 e. The molecule has 0 radical (unpaired) electrons. The van der Waals surface area contributed by atoms with E-state index in [0.29, 0.717) is 16.8 Å². The number of carboxylic acids is 1. The highest BCUT2D eigenvalue weighted by molar-refractivity contribution is 7.42. The summed E-state index contributed by atoms with van der Waals surface area (Å²) in [4.78, 5) is 27.6. The number of benzene rings is 2. The van der Waals surface area contributed by atoms with Crippen LogP contribution in [-0.4, -0.2) is 31.2 Å². The molecular weight excluding hydrogens is 468 g/mol. The highest BCUT2D eigenvalue weighted by Crippen LogP contribution is 2.50. The predicted octanol–water partition coefficient (Wildman–Crippen LogP) is 4.93. The Balaban J connectivity index is 2.34. The minimum absolute atomic E-state index is 0.147. The molecule has 0 aliphatic rings. The molecule has 0 bridgehead atoms. The molecule has 0 saturated carbocycles. The highest BCUT2D eigenvalue weighted by atomic mass is 31.1. The van der Waals surface area contributed by atoms with Crippen molar-refractivity contribution in [2.45, 2.75) is 37.9 Å². The summed E-state index contributed by atoms with van der Waals surface area (Å²) in [6.45, 7) is 5.14. The van der Waals surface area contributed by atoms with Gasteiger partial charge in [0.15, 0.2) is 5.60 Å². The topological polar surface area (TPSA) is 108 Å². The summed E-state index contributed by atoms with van der Waals surface area (Å²) >= 11 is 0. The maximum atomic E-state index is 13.5. The zero-order valence-corrected chi connectivity index (χ0v) is 20.5. The summed E-state index contributed by atoms with van der Waals surface area (Å²) in [6.07, 6.45) is -0.453. The number of halogens is 1. The number of carboxylic acid groups (broad SMARTS) is 1. The fourth-order valence-electron chi connectivity index (χ4n) is 3.64. The Bertz CT molecular complexity index is 1280. The zero-order valence-electron chi connectivity index (χ0n) is 19.6. The van der Waals surface area contributed by atoms with E-state index in [1.807, 2.05) is 6.07 Å². The molecule has 1 heterocycles. The third-order valence-electron chi connectivity index (χ3n) is 5.43. The van der Waals surface area contributed by atoms with Crippen LogP contribution in [0.1, 0.15) is 32.0 Å². The van der Waals surface area contributed by atoms with E-state index in [4.69, 9.17) is 0 Å². The first-order valence-electron chi connectivity index (χ1n) is 10.8. The summed E-state index contributed by atoms with van der Waals surface area (Å²) in [7, 11) is -3.61. The average molecular weight is 494 g/mol. The van der Waals surface area contributed by atoms with Crippen LogP contribution in [0.15, 0.2) is 72.8 Å². The third-order valence-corrected chi connectivity index (χ3v) is 6.68. The normalized spacial score (nSPS) is 15.2. The van der Waals surface area contributed by atoms with Crippen molar-refractivity contribution in [2.75, 3.05) is 0 Å². The van der Waals surface area contributed by atoms with Gasteiger partial charge in [0.05, 0.1) is 11.4 Å². The van der Waals surface area contributed by atoms with Gasteiger partial charge < -0.3 is 10.2 Å². The molecule has 0 fully saturated rings. The van der Waals surface area contributed by atoms with Crippen LogP contribution in [0, 0.1) is 23.1 Å². The Morgan fingerprint density at radius 2 is 1.60 bits per heavy atom. The lowest BCUT2D eigenvalue weighted by molar-refractivity contribution is -0.146. The van der Waals surface area contributed by atoms with E-state index in [9.17, 15) is 28.9 Å². The molecule has 0 spiro atoms. The highest BCUT2D eigenvalue weighted by Gasteiger charge is 2.72. The number of nitrogens with zero attached hydrogens (tertiary/aromatic N) is 1. The molecule has 1 aromatic heterocycles. The molecule has 0 aliphatic heterocycles. The van der Waals surface area contributed by atoms with Crippen LogP contribution < -0.4 is 0 Å². The predicted molar refractivity (Wildman–Crippen MR) is 131 cm³/mol. The Hall–Kier alpha value is -3.43. The van der Waals surface area contributed by atoms with Crippen molar-refractivity contribution in [3.05, 3.63) is 89.9 Å². The molecule has 3 rings (SSSR count). The maximum absolute atomic E-state index is 13.5. The lowest BCUT2D eigenvalue weighted by Crippen LogP contribution is -2.56. The van der Waals surface area contributed by atoms with Crippen LogP contribution in [0.4, 0.5) is 4.39 Å². The second-order valence-corrected chi connectivity index (χ2v) is 10.4. The Morgan fingerprint density at radius 1 is 0.971 bits per heavy atom. The van der Waals surface area contributed by atoms with Gasteiger partial charge in [0.25, 0.3) is 0 Å². The van der Waals surface area contributed by atoms with Gasteiger partial charge in [-0.3, -0.25) is 0 Å². The fourth-order valence-corrected chi connectivity index (χ4v) is 4.46. The molecule has 180 valence electrons. The number of aliphatic hydroxyl groups is 1. The fraction of sp³-hybridized carbons (Fsp3) is 0.259. The summed E-state index contributed by atoms with van der Waals surface area (Å²) in [5.74, 6) is 2.88. The summed E-state index contributed by atoms with van der Waals surface area (Å²) in [6, 6.07) is 18.7. The summed E-state index contributed by atoms with van der Waals surface area (Å²) in [5, 5.41) is 19.6. The van der Waals surface area contributed by atoms with Crippen LogP contribution in [-0.2, 0) is 21.4 Å². The van der Waals surface area contributed by atoms with E-state index in [2.05, 4.69) is 16.8 Å². The second kappa shape index (κ2) is 10.1. The van der Waals surface area contributed by atoms with E-state index in [1.54, 1.807) is 57.2 Å². The minimum Gasteiger partial charge on any atom is -0.477 e. The molecular formula is C27H26FNO5P+. The maximum Gasteiger partial charge on any atom is 0.541 e. The molecule has 3 N–H and O–H groups in total. The third kappa shape index (κ3) is 5.47. The van der Waals surface area contributed by atoms with Crippen molar-refractivity contribution >= 4 is 14.0 Å². The number of pyridine rings is 1. The molecule has 0 amide bonds. The molecule has 3 aromatic rings.